The van der Waals surface area contributed by atoms with Gasteiger partial charge >= 0.3 is 0 Å². The molecular formula is C20H26ClN3O3S. The second kappa shape index (κ2) is 10.3. The number of hydrogen-bond acceptors (Lipinski definition) is 5. The summed E-state index contributed by atoms with van der Waals surface area (Å²) >= 11 is 7.40. The molecule has 2 aromatic rings. The minimum absolute atomic E-state index is 0.107. The zero-order valence-electron chi connectivity index (χ0n) is 16.2. The molecule has 1 amide bonds. The van der Waals surface area contributed by atoms with E-state index in [0.29, 0.717) is 40.7 Å². The van der Waals surface area contributed by atoms with Gasteiger partial charge in [-0.15, -0.1) is 0 Å². The molecule has 1 aromatic heterocycles. The molecule has 2 heterocycles. The highest BCUT2D eigenvalue weighted by atomic mass is 35.5. The van der Waals surface area contributed by atoms with Crippen molar-refractivity contribution in [3.05, 3.63) is 33.6 Å². The molecule has 0 N–H and O–H groups in total. The third kappa shape index (κ3) is 5.27. The number of carbonyl (C=O) groups is 1. The van der Waals surface area contributed by atoms with Crippen molar-refractivity contribution in [2.24, 2.45) is 0 Å². The molecule has 0 saturated carbocycles. The fourth-order valence-corrected chi connectivity index (χ4v) is 4.48. The Morgan fingerprint density at radius 2 is 2.00 bits per heavy atom. The summed E-state index contributed by atoms with van der Waals surface area (Å²) in [6.07, 6.45) is 5.19. The van der Waals surface area contributed by atoms with Crippen LogP contribution < -0.4 is 5.56 Å². The van der Waals surface area contributed by atoms with Gasteiger partial charge in [-0.2, -0.15) is 0 Å². The summed E-state index contributed by atoms with van der Waals surface area (Å²) in [6, 6.07) is 5.09. The molecule has 0 spiro atoms. The monoisotopic (exact) mass is 423 g/mol. The molecule has 1 saturated heterocycles. The summed E-state index contributed by atoms with van der Waals surface area (Å²) in [6.45, 7) is 2.70. The Bertz CT molecular complexity index is 879. The Balaban J connectivity index is 1.83. The highest BCUT2D eigenvalue weighted by Gasteiger charge is 2.18. The van der Waals surface area contributed by atoms with Crippen molar-refractivity contribution >= 4 is 40.2 Å². The van der Waals surface area contributed by atoms with Crippen molar-refractivity contribution in [2.75, 3.05) is 32.6 Å². The van der Waals surface area contributed by atoms with Crippen LogP contribution in [-0.2, 0) is 16.1 Å². The van der Waals surface area contributed by atoms with Crippen LogP contribution in [0.1, 0.15) is 32.1 Å². The fraction of sp³-hybridized carbons (Fsp3) is 0.550. The number of ether oxygens (including phenoxy) is 1. The maximum absolute atomic E-state index is 13.0. The molecular weight excluding hydrogens is 398 g/mol. The van der Waals surface area contributed by atoms with Gasteiger partial charge in [-0.05, 0) is 37.5 Å². The third-order valence-electron chi connectivity index (χ3n) is 4.90. The standard InChI is InChI=1S/C20H26ClN3O3S/c1-27-12-6-11-24-19(26)16-8-7-15(21)13-17(16)22-20(24)28-14-18(25)23-9-4-2-3-5-10-23/h7-8,13H,2-6,9-12,14H2,1H3. The first-order valence-electron chi connectivity index (χ1n) is 9.70. The van der Waals surface area contributed by atoms with Gasteiger partial charge in [0.15, 0.2) is 5.16 Å². The van der Waals surface area contributed by atoms with Crippen LogP contribution >= 0.6 is 23.4 Å². The van der Waals surface area contributed by atoms with Gasteiger partial charge in [0, 0.05) is 38.4 Å². The predicted molar refractivity (Wildman–Crippen MR) is 113 cm³/mol. The molecule has 1 fully saturated rings. The Morgan fingerprint density at radius 1 is 1.25 bits per heavy atom. The number of benzene rings is 1. The zero-order valence-corrected chi connectivity index (χ0v) is 17.7. The molecule has 1 aliphatic rings. The van der Waals surface area contributed by atoms with Crippen LogP contribution in [0.4, 0.5) is 0 Å². The molecule has 0 atom stereocenters. The number of likely N-dealkylation sites (tertiary alicyclic amines) is 1. The lowest BCUT2D eigenvalue weighted by molar-refractivity contribution is -0.128. The number of methoxy groups -OCH3 is 1. The lowest BCUT2D eigenvalue weighted by atomic mass is 10.2. The van der Waals surface area contributed by atoms with Crippen LogP contribution in [0.3, 0.4) is 0 Å². The average Bonchev–Trinajstić information content (AvgIpc) is 2.97. The topological polar surface area (TPSA) is 64.4 Å². The number of aromatic nitrogens is 2. The van der Waals surface area contributed by atoms with E-state index in [0.717, 1.165) is 25.9 Å². The summed E-state index contributed by atoms with van der Waals surface area (Å²) in [5, 5.41) is 1.62. The molecule has 0 aliphatic carbocycles. The van der Waals surface area contributed by atoms with E-state index in [1.54, 1.807) is 29.9 Å². The average molecular weight is 424 g/mol. The first-order valence-corrected chi connectivity index (χ1v) is 11.1. The predicted octanol–water partition coefficient (Wildman–Crippen LogP) is 3.58. The van der Waals surface area contributed by atoms with E-state index < -0.39 is 0 Å². The number of amides is 1. The van der Waals surface area contributed by atoms with Crippen molar-refractivity contribution in [2.45, 2.75) is 43.8 Å². The second-order valence-electron chi connectivity index (χ2n) is 6.94. The van der Waals surface area contributed by atoms with Crippen LogP contribution in [0.25, 0.3) is 10.9 Å². The molecule has 0 unspecified atom stereocenters. The van der Waals surface area contributed by atoms with Gasteiger partial charge in [0.2, 0.25) is 5.91 Å². The molecule has 28 heavy (non-hydrogen) atoms. The van der Waals surface area contributed by atoms with Crippen LogP contribution in [0.2, 0.25) is 5.02 Å². The lowest BCUT2D eigenvalue weighted by Gasteiger charge is -2.20. The summed E-state index contributed by atoms with van der Waals surface area (Å²) in [5.74, 6) is 0.388. The van der Waals surface area contributed by atoms with Crippen molar-refractivity contribution in [3.8, 4) is 0 Å². The minimum atomic E-state index is -0.109. The van der Waals surface area contributed by atoms with Crippen LogP contribution in [0, 0.1) is 0 Å². The van der Waals surface area contributed by atoms with Gasteiger partial charge in [-0.25, -0.2) is 4.98 Å². The number of fused-ring (bicyclic) bond motifs is 1. The largest absolute Gasteiger partial charge is 0.385 e. The molecule has 8 heteroatoms. The highest BCUT2D eigenvalue weighted by molar-refractivity contribution is 7.99. The molecule has 3 rings (SSSR count). The number of rotatable bonds is 7. The summed E-state index contributed by atoms with van der Waals surface area (Å²) in [7, 11) is 1.64. The van der Waals surface area contributed by atoms with Gasteiger partial charge < -0.3 is 9.64 Å². The maximum Gasteiger partial charge on any atom is 0.262 e. The van der Waals surface area contributed by atoms with Crippen molar-refractivity contribution in [1.29, 1.82) is 0 Å². The van der Waals surface area contributed by atoms with E-state index in [4.69, 9.17) is 16.3 Å². The van der Waals surface area contributed by atoms with E-state index in [1.165, 1.54) is 24.6 Å². The Hall–Kier alpha value is -1.57. The first-order chi connectivity index (χ1) is 13.6. The summed E-state index contributed by atoms with van der Waals surface area (Å²) in [4.78, 5) is 32.2. The Morgan fingerprint density at radius 3 is 2.71 bits per heavy atom. The van der Waals surface area contributed by atoms with Crippen LogP contribution in [0.5, 0.6) is 0 Å². The second-order valence-corrected chi connectivity index (χ2v) is 8.32. The molecule has 152 valence electrons. The van der Waals surface area contributed by atoms with Crippen molar-refractivity contribution in [3.63, 3.8) is 0 Å². The smallest absolute Gasteiger partial charge is 0.262 e. The van der Waals surface area contributed by atoms with E-state index in [1.807, 2.05) is 4.90 Å². The van der Waals surface area contributed by atoms with Crippen molar-refractivity contribution < 1.29 is 9.53 Å². The third-order valence-corrected chi connectivity index (χ3v) is 6.09. The summed E-state index contributed by atoms with van der Waals surface area (Å²) < 4.78 is 6.76. The van der Waals surface area contributed by atoms with E-state index in [9.17, 15) is 9.59 Å². The maximum atomic E-state index is 13.0. The molecule has 6 nitrogen and oxygen atoms in total. The van der Waals surface area contributed by atoms with Crippen LogP contribution in [0.15, 0.2) is 28.2 Å². The normalized spacial score (nSPS) is 15.0. The number of hydrogen-bond donors (Lipinski definition) is 0. The van der Waals surface area contributed by atoms with E-state index >= 15 is 0 Å². The number of thioether (sulfide) groups is 1. The molecule has 0 bridgehead atoms. The quantitative estimate of drug-likeness (QED) is 0.387. The number of halogens is 1. The molecule has 0 radical (unpaired) electrons. The Labute approximate surface area is 174 Å². The highest BCUT2D eigenvalue weighted by Crippen LogP contribution is 2.21. The number of nitrogens with zero attached hydrogens (tertiary/aromatic N) is 3. The van der Waals surface area contributed by atoms with Gasteiger partial charge in [0.1, 0.15) is 0 Å². The molecule has 1 aromatic carbocycles. The minimum Gasteiger partial charge on any atom is -0.385 e. The SMILES string of the molecule is COCCCn1c(SCC(=O)N2CCCCCC2)nc2cc(Cl)ccc2c1=O. The number of carbonyl (C=O) groups excluding carboxylic acids is 1. The first kappa shape index (κ1) is 21.1. The lowest BCUT2D eigenvalue weighted by Crippen LogP contribution is -2.33. The van der Waals surface area contributed by atoms with Crippen LogP contribution in [-0.4, -0.2) is 52.9 Å². The Kier molecular flexibility index (Phi) is 7.76. The van der Waals surface area contributed by atoms with Gasteiger partial charge in [0.25, 0.3) is 5.56 Å². The fourth-order valence-electron chi connectivity index (χ4n) is 3.39. The van der Waals surface area contributed by atoms with Gasteiger partial charge in [-0.1, -0.05) is 36.2 Å². The van der Waals surface area contributed by atoms with Gasteiger partial charge in [0.05, 0.1) is 16.7 Å². The molecule has 1 aliphatic heterocycles. The van der Waals surface area contributed by atoms with Gasteiger partial charge in [-0.3, -0.25) is 14.2 Å². The summed E-state index contributed by atoms with van der Waals surface area (Å²) in [5.41, 5.74) is 0.452. The van der Waals surface area contributed by atoms with Crippen molar-refractivity contribution in [1.82, 2.24) is 14.5 Å². The zero-order chi connectivity index (χ0) is 19.9. The van der Waals surface area contributed by atoms with E-state index in [2.05, 4.69) is 4.98 Å². The van der Waals surface area contributed by atoms with E-state index in [-0.39, 0.29) is 17.2 Å².